The molecule has 19 heavy (non-hydrogen) atoms. The molecule has 0 fully saturated rings. The summed E-state index contributed by atoms with van der Waals surface area (Å²) in [5, 5.41) is 13.3. The number of nitrogens with zero attached hydrogens (tertiary/aromatic N) is 1. The molecule has 0 aliphatic rings. The van der Waals surface area contributed by atoms with Gasteiger partial charge >= 0.3 is 5.97 Å². The number of aromatic nitrogens is 1. The molecule has 98 valence electrons. The van der Waals surface area contributed by atoms with Gasteiger partial charge in [-0.05, 0) is 24.4 Å². The number of aryl methyl sites for hydroxylation is 1. The number of anilines is 1. The highest BCUT2D eigenvalue weighted by Gasteiger charge is 2.16. The summed E-state index contributed by atoms with van der Waals surface area (Å²) in [6.07, 6.45) is 1.36. The van der Waals surface area contributed by atoms with Gasteiger partial charge in [0.05, 0.1) is 16.3 Å². The average Bonchev–Trinajstić information content (AvgIpc) is 2.76. The van der Waals surface area contributed by atoms with Gasteiger partial charge in [-0.2, -0.15) is 0 Å². The van der Waals surface area contributed by atoms with Crippen LogP contribution >= 0.6 is 22.9 Å². The van der Waals surface area contributed by atoms with Crippen LogP contribution in [-0.2, 0) is 0 Å². The number of carbonyl (C=O) groups is 2. The molecule has 2 heterocycles. The Labute approximate surface area is 117 Å². The molecule has 0 bridgehead atoms. The molecule has 0 atom stereocenters. The maximum atomic E-state index is 12.0. The van der Waals surface area contributed by atoms with Crippen molar-refractivity contribution in [3.63, 3.8) is 0 Å². The Hall–Kier alpha value is -1.92. The molecular weight excluding hydrogens is 288 g/mol. The van der Waals surface area contributed by atoms with Crippen LogP contribution in [0.5, 0.6) is 0 Å². The molecule has 1 amide bonds. The fourth-order valence-corrected chi connectivity index (χ4v) is 2.44. The summed E-state index contributed by atoms with van der Waals surface area (Å²) in [6, 6.07) is 3.10. The normalized spacial score (nSPS) is 10.2. The van der Waals surface area contributed by atoms with Crippen molar-refractivity contribution in [3.8, 4) is 0 Å². The quantitative estimate of drug-likeness (QED) is 0.912. The Morgan fingerprint density at radius 3 is 2.84 bits per heavy atom. The molecular formula is C12H9ClN2O3S. The van der Waals surface area contributed by atoms with E-state index >= 15 is 0 Å². The monoisotopic (exact) mass is 296 g/mol. The number of pyridine rings is 1. The molecule has 0 unspecified atom stereocenters. The van der Waals surface area contributed by atoms with E-state index in [0.29, 0.717) is 5.69 Å². The number of thiophene rings is 1. The van der Waals surface area contributed by atoms with Crippen molar-refractivity contribution < 1.29 is 14.7 Å². The van der Waals surface area contributed by atoms with Crippen molar-refractivity contribution in [2.75, 3.05) is 5.32 Å². The Morgan fingerprint density at radius 1 is 1.47 bits per heavy atom. The van der Waals surface area contributed by atoms with Crippen LogP contribution in [0, 0.1) is 6.92 Å². The van der Waals surface area contributed by atoms with Gasteiger partial charge in [-0.3, -0.25) is 9.78 Å². The van der Waals surface area contributed by atoms with Crippen LogP contribution < -0.4 is 5.32 Å². The fraction of sp³-hybridized carbons (Fsp3) is 0.0833. The minimum absolute atomic E-state index is 0.0737. The molecule has 0 aromatic carbocycles. The van der Waals surface area contributed by atoms with Crippen LogP contribution in [0.3, 0.4) is 0 Å². The second kappa shape index (κ2) is 5.38. The highest BCUT2D eigenvalue weighted by Crippen LogP contribution is 2.24. The standard InChI is InChI=1S/C12H9ClN2O3S/c1-6-4-8(13)7(5-14-6)11(16)15-9-2-3-19-10(9)12(17)18/h2-5H,1H3,(H,15,16)(H,17,18). The maximum absolute atomic E-state index is 12.0. The van der Waals surface area contributed by atoms with Crippen LogP contribution in [-0.4, -0.2) is 22.0 Å². The predicted molar refractivity (Wildman–Crippen MR) is 73.2 cm³/mol. The molecule has 2 N–H and O–H groups in total. The van der Waals surface area contributed by atoms with E-state index in [-0.39, 0.29) is 21.2 Å². The van der Waals surface area contributed by atoms with Gasteiger partial charge in [0.1, 0.15) is 4.88 Å². The van der Waals surface area contributed by atoms with E-state index in [1.54, 1.807) is 18.4 Å². The lowest BCUT2D eigenvalue weighted by Gasteiger charge is -2.06. The molecule has 2 aromatic rings. The van der Waals surface area contributed by atoms with E-state index in [1.807, 2.05) is 0 Å². The summed E-state index contributed by atoms with van der Waals surface area (Å²) in [6.45, 7) is 1.76. The topological polar surface area (TPSA) is 79.3 Å². The van der Waals surface area contributed by atoms with Gasteiger partial charge in [-0.25, -0.2) is 4.79 Å². The van der Waals surface area contributed by atoms with E-state index in [0.717, 1.165) is 11.3 Å². The Bertz CT molecular complexity index is 654. The third-order valence-electron chi connectivity index (χ3n) is 2.34. The van der Waals surface area contributed by atoms with Gasteiger partial charge in [-0.15, -0.1) is 11.3 Å². The zero-order valence-electron chi connectivity index (χ0n) is 9.81. The van der Waals surface area contributed by atoms with Crippen LogP contribution in [0.2, 0.25) is 5.02 Å². The highest BCUT2D eigenvalue weighted by atomic mass is 35.5. The minimum Gasteiger partial charge on any atom is -0.477 e. The van der Waals surface area contributed by atoms with Crippen LogP contribution in [0.4, 0.5) is 5.69 Å². The molecule has 7 heteroatoms. The first-order chi connectivity index (χ1) is 8.99. The number of aromatic carboxylic acids is 1. The van der Waals surface area contributed by atoms with Crippen LogP contribution in [0.25, 0.3) is 0 Å². The second-order valence-electron chi connectivity index (χ2n) is 3.73. The van der Waals surface area contributed by atoms with Crippen LogP contribution in [0.15, 0.2) is 23.7 Å². The number of hydrogen-bond acceptors (Lipinski definition) is 4. The number of carboxylic acid groups (broad SMARTS) is 1. The number of nitrogens with one attached hydrogen (secondary N) is 1. The van der Waals surface area contributed by atoms with E-state index in [9.17, 15) is 9.59 Å². The van der Waals surface area contributed by atoms with Gasteiger partial charge in [0.2, 0.25) is 0 Å². The zero-order chi connectivity index (χ0) is 14.0. The molecule has 0 saturated heterocycles. The molecule has 2 rings (SSSR count). The van der Waals surface area contributed by atoms with Gasteiger partial charge in [0.25, 0.3) is 5.91 Å². The Morgan fingerprint density at radius 2 is 2.21 bits per heavy atom. The molecule has 0 aliphatic carbocycles. The smallest absolute Gasteiger partial charge is 0.348 e. The second-order valence-corrected chi connectivity index (χ2v) is 5.05. The number of rotatable bonds is 3. The summed E-state index contributed by atoms with van der Waals surface area (Å²) in [5.41, 5.74) is 1.15. The largest absolute Gasteiger partial charge is 0.477 e. The van der Waals surface area contributed by atoms with Crippen molar-refractivity contribution in [1.82, 2.24) is 4.98 Å². The summed E-state index contributed by atoms with van der Waals surface area (Å²) >= 11 is 6.99. The number of carbonyl (C=O) groups excluding carboxylic acids is 1. The first kappa shape index (κ1) is 13.5. The lowest BCUT2D eigenvalue weighted by atomic mass is 10.2. The summed E-state index contributed by atoms with van der Waals surface area (Å²) in [5.74, 6) is -1.57. The fourth-order valence-electron chi connectivity index (χ4n) is 1.46. The summed E-state index contributed by atoms with van der Waals surface area (Å²) in [4.78, 5) is 27.0. The van der Waals surface area contributed by atoms with E-state index in [1.165, 1.54) is 12.3 Å². The minimum atomic E-state index is -1.08. The molecule has 5 nitrogen and oxygen atoms in total. The van der Waals surface area contributed by atoms with Gasteiger partial charge < -0.3 is 10.4 Å². The lowest BCUT2D eigenvalue weighted by molar-refractivity contribution is 0.0703. The molecule has 0 saturated carbocycles. The zero-order valence-corrected chi connectivity index (χ0v) is 11.4. The van der Waals surface area contributed by atoms with Crippen molar-refractivity contribution in [2.45, 2.75) is 6.92 Å². The lowest BCUT2D eigenvalue weighted by Crippen LogP contribution is -2.14. The Kier molecular flexibility index (Phi) is 3.82. The average molecular weight is 297 g/mol. The molecule has 0 radical (unpaired) electrons. The number of carboxylic acids is 1. The van der Waals surface area contributed by atoms with Crippen molar-refractivity contribution in [3.05, 3.63) is 44.9 Å². The van der Waals surface area contributed by atoms with Crippen molar-refractivity contribution >= 4 is 40.5 Å². The van der Waals surface area contributed by atoms with E-state index in [4.69, 9.17) is 16.7 Å². The first-order valence-electron chi connectivity index (χ1n) is 5.23. The highest BCUT2D eigenvalue weighted by molar-refractivity contribution is 7.12. The van der Waals surface area contributed by atoms with Crippen LogP contribution in [0.1, 0.15) is 25.7 Å². The molecule has 2 aromatic heterocycles. The predicted octanol–water partition coefficient (Wildman–Crippen LogP) is 3.06. The number of amides is 1. The molecule has 0 spiro atoms. The Balaban J connectivity index is 2.26. The van der Waals surface area contributed by atoms with Gasteiger partial charge in [0, 0.05) is 11.9 Å². The van der Waals surface area contributed by atoms with Gasteiger partial charge in [-0.1, -0.05) is 11.6 Å². The van der Waals surface area contributed by atoms with E-state index < -0.39 is 11.9 Å². The van der Waals surface area contributed by atoms with E-state index in [2.05, 4.69) is 10.3 Å². The summed E-state index contributed by atoms with van der Waals surface area (Å²) in [7, 11) is 0. The third kappa shape index (κ3) is 2.91. The first-order valence-corrected chi connectivity index (χ1v) is 6.49. The third-order valence-corrected chi connectivity index (χ3v) is 3.56. The van der Waals surface area contributed by atoms with Gasteiger partial charge in [0.15, 0.2) is 0 Å². The number of hydrogen-bond donors (Lipinski definition) is 2. The van der Waals surface area contributed by atoms with Crippen molar-refractivity contribution in [1.29, 1.82) is 0 Å². The molecule has 0 aliphatic heterocycles. The SMILES string of the molecule is Cc1cc(Cl)c(C(=O)Nc2ccsc2C(=O)O)cn1. The maximum Gasteiger partial charge on any atom is 0.348 e. The van der Waals surface area contributed by atoms with Crippen molar-refractivity contribution in [2.24, 2.45) is 0 Å². The summed E-state index contributed by atoms with van der Waals surface area (Å²) < 4.78 is 0. The number of halogens is 1.